The first-order valence-electron chi connectivity index (χ1n) is 9.99. The molecule has 1 amide bonds. The third-order valence-corrected chi connectivity index (χ3v) is 4.79. The Hall–Kier alpha value is -3.38. The van der Waals surface area contributed by atoms with Gasteiger partial charge in [-0.2, -0.15) is 0 Å². The van der Waals surface area contributed by atoms with Gasteiger partial charge in [-0.3, -0.25) is 9.69 Å². The maximum absolute atomic E-state index is 12.4. The van der Waals surface area contributed by atoms with E-state index >= 15 is 0 Å². The van der Waals surface area contributed by atoms with Crippen LogP contribution in [0.4, 0.5) is 5.69 Å². The highest BCUT2D eigenvalue weighted by Gasteiger charge is 2.16. The van der Waals surface area contributed by atoms with Gasteiger partial charge in [0.25, 0.3) is 0 Å². The normalized spacial score (nSPS) is 14.4. The molecule has 0 bridgehead atoms. The van der Waals surface area contributed by atoms with Gasteiger partial charge in [0.1, 0.15) is 5.75 Å². The van der Waals surface area contributed by atoms with Crippen molar-refractivity contribution in [3.05, 3.63) is 71.8 Å². The molecule has 30 heavy (non-hydrogen) atoms. The average Bonchev–Trinajstić information content (AvgIpc) is 2.75. The predicted molar refractivity (Wildman–Crippen MR) is 118 cm³/mol. The monoisotopic (exact) mass is 406 g/mol. The van der Waals surface area contributed by atoms with Gasteiger partial charge in [0.05, 0.1) is 13.2 Å². The van der Waals surface area contributed by atoms with Gasteiger partial charge in [-0.25, -0.2) is 4.79 Å². The summed E-state index contributed by atoms with van der Waals surface area (Å²) in [5.74, 6) is -0.179. The highest BCUT2D eigenvalue weighted by molar-refractivity contribution is 5.92. The average molecular weight is 406 g/mol. The SMILES string of the molecule is CCOC(=O)/C=C/c1ccc(NC(=O)CN2CC=C(c3ccc(O)cc3)CC2)cc1. The van der Waals surface area contributed by atoms with E-state index in [0.29, 0.717) is 25.4 Å². The quantitative estimate of drug-likeness (QED) is 0.542. The molecule has 2 aromatic carbocycles. The number of hydrogen-bond acceptors (Lipinski definition) is 5. The summed E-state index contributed by atoms with van der Waals surface area (Å²) in [6.07, 6.45) is 6.05. The number of hydrogen-bond donors (Lipinski definition) is 2. The lowest BCUT2D eigenvalue weighted by Crippen LogP contribution is -2.36. The molecule has 2 aromatic rings. The third kappa shape index (κ3) is 6.32. The van der Waals surface area contributed by atoms with Crippen LogP contribution in [0.5, 0.6) is 5.75 Å². The summed E-state index contributed by atoms with van der Waals surface area (Å²) in [4.78, 5) is 25.8. The number of aromatic hydroxyl groups is 1. The van der Waals surface area contributed by atoms with Gasteiger partial charge < -0.3 is 15.2 Å². The van der Waals surface area contributed by atoms with Crippen LogP contribution in [-0.2, 0) is 14.3 Å². The highest BCUT2D eigenvalue weighted by atomic mass is 16.5. The van der Waals surface area contributed by atoms with Crippen LogP contribution >= 0.6 is 0 Å². The molecular weight excluding hydrogens is 380 g/mol. The van der Waals surface area contributed by atoms with Gasteiger partial charge in [-0.1, -0.05) is 30.3 Å². The van der Waals surface area contributed by atoms with Crippen LogP contribution < -0.4 is 5.32 Å². The van der Waals surface area contributed by atoms with E-state index in [0.717, 1.165) is 24.1 Å². The molecule has 0 aliphatic carbocycles. The second-order valence-corrected chi connectivity index (χ2v) is 7.02. The molecule has 1 heterocycles. The number of phenolic OH excluding ortho intramolecular Hbond substituents is 1. The van der Waals surface area contributed by atoms with Gasteiger partial charge in [0.2, 0.25) is 5.91 Å². The van der Waals surface area contributed by atoms with E-state index in [9.17, 15) is 14.7 Å². The summed E-state index contributed by atoms with van der Waals surface area (Å²) in [5, 5.41) is 12.3. The Morgan fingerprint density at radius 2 is 1.87 bits per heavy atom. The number of nitrogens with zero attached hydrogens (tertiary/aromatic N) is 1. The summed E-state index contributed by atoms with van der Waals surface area (Å²) < 4.78 is 4.85. The summed E-state index contributed by atoms with van der Waals surface area (Å²) in [5.41, 5.74) is 3.90. The predicted octanol–water partition coefficient (Wildman–Crippen LogP) is 3.70. The minimum atomic E-state index is -0.376. The van der Waals surface area contributed by atoms with Gasteiger partial charge >= 0.3 is 5.97 Å². The fraction of sp³-hybridized carbons (Fsp3) is 0.250. The van der Waals surface area contributed by atoms with Crippen molar-refractivity contribution >= 4 is 29.2 Å². The lowest BCUT2D eigenvalue weighted by Gasteiger charge is -2.26. The van der Waals surface area contributed by atoms with E-state index in [1.807, 2.05) is 36.4 Å². The summed E-state index contributed by atoms with van der Waals surface area (Å²) in [7, 11) is 0. The molecular formula is C24H26N2O4. The first-order valence-corrected chi connectivity index (χ1v) is 9.99. The van der Waals surface area contributed by atoms with Gasteiger partial charge in [-0.15, -0.1) is 0 Å². The number of carbonyl (C=O) groups excluding carboxylic acids is 2. The first kappa shape index (κ1) is 21.3. The number of amides is 1. The number of carbonyl (C=O) groups is 2. The molecule has 1 aliphatic heterocycles. The molecule has 0 aromatic heterocycles. The van der Waals surface area contributed by atoms with E-state index in [-0.39, 0.29) is 17.6 Å². The second kappa shape index (κ2) is 10.4. The largest absolute Gasteiger partial charge is 0.508 e. The molecule has 0 unspecified atom stereocenters. The fourth-order valence-corrected chi connectivity index (χ4v) is 3.23. The van der Waals surface area contributed by atoms with Gasteiger partial charge in [0.15, 0.2) is 0 Å². The Labute approximate surface area is 176 Å². The van der Waals surface area contributed by atoms with E-state index < -0.39 is 0 Å². The van der Waals surface area contributed by atoms with Crippen molar-refractivity contribution in [2.45, 2.75) is 13.3 Å². The van der Waals surface area contributed by atoms with E-state index in [1.54, 1.807) is 25.1 Å². The second-order valence-electron chi connectivity index (χ2n) is 7.02. The Morgan fingerprint density at radius 3 is 2.50 bits per heavy atom. The highest BCUT2D eigenvalue weighted by Crippen LogP contribution is 2.24. The van der Waals surface area contributed by atoms with Crippen molar-refractivity contribution in [3.63, 3.8) is 0 Å². The Morgan fingerprint density at radius 1 is 1.13 bits per heavy atom. The molecule has 0 saturated heterocycles. The number of benzene rings is 2. The van der Waals surface area contributed by atoms with Crippen LogP contribution in [0.15, 0.2) is 60.7 Å². The zero-order chi connectivity index (χ0) is 21.3. The van der Waals surface area contributed by atoms with Crippen molar-refractivity contribution in [2.75, 3.05) is 31.6 Å². The number of nitrogens with one attached hydrogen (secondary N) is 1. The molecule has 1 aliphatic rings. The van der Waals surface area contributed by atoms with E-state index in [4.69, 9.17) is 4.74 Å². The van der Waals surface area contributed by atoms with Crippen molar-refractivity contribution < 1.29 is 19.4 Å². The summed E-state index contributed by atoms with van der Waals surface area (Å²) in [6, 6.07) is 14.5. The molecule has 6 nitrogen and oxygen atoms in total. The number of ether oxygens (including phenoxy) is 1. The van der Waals surface area contributed by atoms with Crippen LogP contribution in [0.3, 0.4) is 0 Å². The molecule has 6 heteroatoms. The molecule has 2 N–H and O–H groups in total. The Bertz CT molecular complexity index is 931. The minimum Gasteiger partial charge on any atom is -0.508 e. The third-order valence-electron chi connectivity index (χ3n) is 4.79. The topological polar surface area (TPSA) is 78.9 Å². The maximum atomic E-state index is 12.4. The van der Waals surface area contributed by atoms with Crippen LogP contribution in [0.25, 0.3) is 11.6 Å². The van der Waals surface area contributed by atoms with Crippen molar-refractivity contribution in [2.24, 2.45) is 0 Å². The van der Waals surface area contributed by atoms with Crippen LogP contribution in [-0.4, -0.2) is 48.1 Å². The first-order chi connectivity index (χ1) is 14.5. The minimum absolute atomic E-state index is 0.0636. The van der Waals surface area contributed by atoms with Gasteiger partial charge in [-0.05, 0) is 60.4 Å². The number of anilines is 1. The summed E-state index contributed by atoms with van der Waals surface area (Å²) in [6.45, 7) is 3.94. The molecule has 156 valence electrons. The number of rotatable bonds is 7. The van der Waals surface area contributed by atoms with Crippen LogP contribution in [0, 0.1) is 0 Å². The maximum Gasteiger partial charge on any atom is 0.330 e. The Balaban J connectivity index is 1.48. The van der Waals surface area contributed by atoms with Crippen molar-refractivity contribution in [3.8, 4) is 5.75 Å². The standard InChI is InChI=1S/C24H26N2O4/c1-2-30-24(29)12-5-18-3-8-21(9-4-18)25-23(28)17-26-15-13-20(14-16-26)19-6-10-22(27)11-7-19/h3-13,27H,2,14-17H2,1H3,(H,25,28)/b12-5+. The zero-order valence-corrected chi connectivity index (χ0v) is 17.0. The van der Waals surface area contributed by atoms with Crippen molar-refractivity contribution in [1.82, 2.24) is 4.90 Å². The molecule has 0 fully saturated rings. The van der Waals surface area contributed by atoms with Crippen LogP contribution in [0.2, 0.25) is 0 Å². The van der Waals surface area contributed by atoms with Crippen molar-refractivity contribution in [1.29, 1.82) is 0 Å². The van der Waals surface area contributed by atoms with E-state index in [1.165, 1.54) is 11.6 Å². The molecule has 0 spiro atoms. The molecule has 0 atom stereocenters. The number of phenols is 1. The fourth-order valence-electron chi connectivity index (χ4n) is 3.23. The zero-order valence-electron chi connectivity index (χ0n) is 17.0. The molecule has 0 saturated carbocycles. The Kier molecular flexibility index (Phi) is 7.40. The van der Waals surface area contributed by atoms with E-state index in [2.05, 4.69) is 16.3 Å². The lowest BCUT2D eigenvalue weighted by atomic mass is 9.99. The molecule has 0 radical (unpaired) electrons. The molecule has 3 rings (SSSR count). The van der Waals surface area contributed by atoms with Crippen LogP contribution in [0.1, 0.15) is 24.5 Å². The number of esters is 1. The summed E-state index contributed by atoms with van der Waals surface area (Å²) >= 11 is 0. The van der Waals surface area contributed by atoms with Gasteiger partial charge in [0, 0.05) is 24.9 Å². The smallest absolute Gasteiger partial charge is 0.330 e. The lowest BCUT2D eigenvalue weighted by molar-refractivity contribution is -0.137.